The highest BCUT2D eigenvalue weighted by Gasteiger charge is 2.34. The van der Waals surface area contributed by atoms with Crippen molar-refractivity contribution in [1.82, 2.24) is 4.98 Å². The van der Waals surface area contributed by atoms with Crippen molar-refractivity contribution in [2.45, 2.75) is 13.0 Å². The van der Waals surface area contributed by atoms with E-state index in [2.05, 4.69) is 26.2 Å². The van der Waals surface area contributed by atoms with E-state index < -0.39 is 6.10 Å². The first-order valence-electron chi connectivity index (χ1n) is 7.24. The maximum atomic E-state index is 12.4. The van der Waals surface area contributed by atoms with Crippen molar-refractivity contribution in [2.24, 2.45) is 0 Å². The zero-order valence-electron chi connectivity index (χ0n) is 12.8. The largest absolute Gasteiger partial charge is 0.477 e. The second-order valence-electron chi connectivity index (χ2n) is 5.30. The third-order valence-electron chi connectivity index (χ3n) is 3.46. The highest BCUT2D eigenvalue weighted by atomic mass is 79.9. The molecule has 1 atom stereocenters. The van der Waals surface area contributed by atoms with E-state index in [1.165, 1.54) is 4.90 Å². The fourth-order valence-electron chi connectivity index (χ4n) is 2.33. The van der Waals surface area contributed by atoms with Crippen molar-refractivity contribution in [2.75, 3.05) is 22.5 Å². The number of nitrogens with zero attached hydrogens (tertiary/aromatic N) is 2. The molecule has 0 spiro atoms. The fraction of sp³-hybridized carbons (Fsp3) is 0.188. The highest BCUT2D eigenvalue weighted by Crippen LogP contribution is 2.32. The van der Waals surface area contributed by atoms with E-state index in [0.29, 0.717) is 11.4 Å². The molecule has 1 aromatic carbocycles. The first kappa shape index (κ1) is 16.3. The van der Waals surface area contributed by atoms with Crippen LogP contribution in [0.25, 0.3) is 0 Å². The van der Waals surface area contributed by atoms with E-state index in [9.17, 15) is 9.59 Å². The molecule has 1 aromatic heterocycles. The van der Waals surface area contributed by atoms with Crippen LogP contribution in [0.2, 0.25) is 0 Å². The average molecular weight is 391 g/mol. The van der Waals surface area contributed by atoms with Crippen molar-refractivity contribution >= 4 is 45.1 Å². The summed E-state index contributed by atoms with van der Waals surface area (Å²) in [7, 11) is 0. The van der Waals surface area contributed by atoms with E-state index in [0.717, 1.165) is 4.47 Å². The Labute approximate surface area is 146 Å². The number of benzene rings is 1. The molecule has 0 bridgehead atoms. The second kappa shape index (κ2) is 6.48. The number of carbonyl (C=O) groups excluding carboxylic acids is 2. The number of rotatable bonds is 3. The minimum Gasteiger partial charge on any atom is -0.477 e. The third kappa shape index (κ3) is 3.33. The molecular weight excluding hydrogens is 376 g/mol. The number of nitrogens with two attached hydrogens (primary N) is 1. The van der Waals surface area contributed by atoms with Crippen molar-refractivity contribution in [1.29, 1.82) is 0 Å². The number of halogens is 1. The summed E-state index contributed by atoms with van der Waals surface area (Å²) in [5, 5.41) is 2.74. The summed E-state index contributed by atoms with van der Waals surface area (Å²) >= 11 is 3.33. The van der Waals surface area contributed by atoms with Gasteiger partial charge in [-0.1, -0.05) is 15.9 Å². The lowest BCUT2D eigenvalue weighted by Gasteiger charge is -2.31. The molecule has 2 heterocycles. The minimum absolute atomic E-state index is 0.175. The number of ether oxygens (including phenoxy) is 1. The number of nitrogen functional groups attached to an aromatic ring is 1. The van der Waals surface area contributed by atoms with Gasteiger partial charge >= 0.3 is 0 Å². The Balaban J connectivity index is 1.80. The molecule has 0 saturated carbocycles. The molecule has 0 fully saturated rings. The SMILES string of the molecule is CC1Oc2ccc(N)nc2N(CC(=O)Nc2ccc(Br)cc2)C1=O. The van der Waals surface area contributed by atoms with Crippen LogP contribution in [0.3, 0.4) is 0 Å². The van der Waals surface area contributed by atoms with Crippen LogP contribution in [0, 0.1) is 0 Å². The van der Waals surface area contributed by atoms with Gasteiger partial charge in [0.05, 0.1) is 0 Å². The maximum Gasteiger partial charge on any atom is 0.269 e. The third-order valence-corrected chi connectivity index (χ3v) is 3.99. The molecule has 124 valence electrons. The van der Waals surface area contributed by atoms with E-state index >= 15 is 0 Å². The van der Waals surface area contributed by atoms with Crippen LogP contribution >= 0.6 is 15.9 Å². The number of aromatic nitrogens is 1. The standard InChI is InChI=1S/C16H15BrN4O3/c1-9-16(23)21(15-12(24-9)6-7-13(18)20-15)8-14(22)19-11-4-2-10(17)3-5-11/h2-7,9H,8H2,1H3,(H2,18,20)(H,19,22). The predicted octanol–water partition coefficient (Wildman–Crippen LogP) is 2.18. The number of carbonyl (C=O) groups is 2. The number of amides is 2. The Kier molecular flexibility index (Phi) is 4.39. The number of anilines is 3. The molecule has 0 aliphatic carbocycles. The van der Waals surface area contributed by atoms with Crippen molar-refractivity contribution < 1.29 is 14.3 Å². The molecule has 0 saturated heterocycles. The molecule has 24 heavy (non-hydrogen) atoms. The van der Waals surface area contributed by atoms with Crippen LogP contribution in [0.1, 0.15) is 6.92 Å². The van der Waals surface area contributed by atoms with E-state index in [1.807, 2.05) is 12.1 Å². The molecular formula is C16H15BrN4O3. The molecule has 7 nitrogen and oxygen atoms in total. The number of hydrogen-bond acceptors (Lipinski definition) is 5. The lowest BCUT2D eigenvalue weighted by atomic mass is 10.2. The number of fused-ring (bicyclic) bond motifs is 1. The van der Waals surface area contributed by atoms with Crippen LogP contribution in [0.15, 0.2) is 40.9 Å². The first-order chi connectivity index (χ1) is 11.4. The molecule has 3 N–H and O–H groups in total. The average Bonchev–Trinajstić information content (AvgIpc) is 2.55. The quantitative estimate of drug-likeness (QED) is 0.836. The van der Waals surface area contributed by atoms with Crippen molar-refractivity contribution in [3.63, 3.8) is 0 Å². The smallest absolute Gasteiger partial charge is 0.269 e. The molecule has 3 rings (SSSR count). The Hall–Kier alpha value is -2.61. The zero-order chi connectivity index (χ0) is 17.3. The van der Waals surface area contributed by atoms with Gasteiger partial charge in [0, 0.05) is 10.2 Å². The predicted molar refractivity (Wildman–Crippen MR) is 93.9 cm³/mol. The Morgan fingerprint density at radius 3 is 2.75 bits per heavy atom. The summed E-state index contributed by atoms with van der Waals surface area (Å²) in [6.07, 6.45) is -0.691. The Bertz CT molecular complexity index is 794. The van der Waals surface area contributed by atoms with Gasteiger partial charge in [-0.05, 0) is 43.3 Å². The van der Waals surface area contributed by atoms with E-state index in [1.54, 1.807) is 31.2 Å². The first-order valence-corrected chi connectivity index (χ1v) is 8.03. The molecule has 8 heteroatoms. The topological polar surface area (TPSA) is 97.6 Å². The second-order valence-corrected chi connectivity index (χ2v) is 6.21. The van der Waals surface area contributed by atoms with Gasteiger partial charge in [0.1, 0.15) is 12.4 Å². The normalized spacial score (nSPS) is 16.3. The summed E-state index contributed by atoms with van der Waals surface area (Å²) in [4.78, 5) is 30.1. The van der Waals surface area contributed by atoms with Crippen LogP contribution in [0.4, 0.5) is 17.3 Å². The molecule has 2 aromatic rings. The Morgan fingerprint density at radius 1 is 1.33 bits per heavy atom. The van der Waals surface area contributed by atoms with Gasteiger partial charge in [-0.15, -0.1) is 0 Å². The van der Waals surface area contributed by atoms with Crippen LogP contribution < -0.4 is 20.7 Å². The van der Waals surface area contributed by atoms with Gasteiger partial charge in [-0.2, -0.15) is 0 Å². The molecule has 2 amide bonds. The van der Waals surface area contributed by atoms with Crippen LogP contribution in [-0.2, 0) is 9.59 Å². The van der Waals surface area contributed by atoms with Crippen molar-refractivity contribution in [3.05, 3.63) is 40.9 Å². The monoisotopic (exact) mass is 390 g/mol. The summed E-state index contributed by atoms with van der Waals surface area (Å²) in [6, 6.07) is 10.4. The molecule has 1 aliphatic heterocycles. The van der Waals surface area contributed by atoms with Gasteiger partial charge in [0.2, 0.25) is 5.91 Å². The van der Waals surface area contributed by atoms with Crippen molar-refractivity contribution in [3.8, 4) is 5.75 Å². The van der Waals surface area contributed by atoms with Gasteiger partial charge in [0.15, 0.2) is 17.7 Å². The summed E-state index contributed by atoms with van der Waals surface area (Å²) in [5.41, 5.74) is 6.32. The summed E-state index contributed by atoms with van der Waals surface area (Å²) < 4.78 is 6.40. The van der Waals surface area contributed by atoms with E-state index in [-0.39, 0.29) is 30.0 Å². The van der Waals surface area contributed by atoms with E-state index in [4.69, 9.17) is 10.5 Å². The minimum atomic E-state index is -0.691. The maximum absolute atomic E-state index is 12.4. The number of hydrogen-bond donors (Lipinski definition) is 2. The molecule has 1 unspecified atom stereocenters. The van der Waals surface area contributed by atoms with Gasteiger partial charge in [-0.3, -0.25) is 14.5 Å². The van der Waals surface area contributed by atoms with Crippen LogP contribution in [-0.4, -0.2) is 29.4 Å². The molecule has 0 radical (unpaired) electrons. The lowest BCUT2D eigenvalue weighted by molar-refractivity contribution is -0.127. The zero-order valence-corrected chi connectivity index (χ0v) is 14.4. The number of pyridine rings is 1. The highest BCUT2D eigenvalue weighted by molar-refractivity contribution is 9.10. The van der Waals surface area contributed by atoms with Gasteiger partial charge in [0.25, 0.3) is 5.91 Å². The number of nitrogens with one attached hydrogen (secondary N) is 1. The molecule has 1 aliphatic rings. The van der Waals surface area contributed by atoms with Crippen LogP contribution in [0.5, 0.6) is 5.75 Å². The fourth-order valence-corrected chi connectivity index (χ4v) is 2.59. The lowest BCUT2D eigenvalue weighted by Crippen LogP contribution is -2.48. The summed E-state index contributed by atoms with van der Waals surface area (Å²) in [6.45, 7) is 1.45. The Morgan fingerprint density at radius 2 is 2.04 bits per heavy atom. The van der Waals surface area contributed by atoms with Gasteiger partial charge < -0.3 is 15.8 Å². The van der Waals surface area contributed by atoms with Gasteiger partial charge in [-0.25, -0.2) is 4.98 Å². The summed E-state index contributed by atoms with van der Waals surface area (Å²) in [5.74, 6) is 0.247.